The van der Waals surface area contributed by atoms with Crippen molar-refractivity contribution in [3.63, 3.8) is 0 Å². The smallest absolute Gasteiger partial charge is 0.137 e. The van der Waals surface area contributed by atoms with Gasteiger partial charge in [-0.3, -0.25) is 0 Å². The maximum atomic E-state index is 6.45. The van der Waals surface area contributed by atoms with Gasteiger partial charge in [-0.25, -0.2) is 0 Å². The first-order valence-electron chi connectivity index (χ1n) is 18.0. The normalized spacial score (nSPS) is 12.5. The van der Waals surface area contributed by atoms with Crippen LogP contribution in [-0.4, -0.2) is 8.80 Å². The summed E-state index contributed by atoms with van der Waals surface area (Å²) in [5, 5.41) is 9.46. The molecule has 0 fully saturated rings. The maximum absolute atomic E-state index is 6.45. The minimum Gasteiger partial charge on any atom is -0.456 e. The van der Waals surface area contributed by atoms with Crippen LogP contribution >= 0.6 is 0 Å². The zero-order valence-electron chi connectivity index (χ0n) is 28.2. The molecule has 0 saturated carbocycles. The molecule has 0 aliphatic heterocycles. The first-order valence-corrected chi connectivity index (χ1v) is 18.0. The van der Waals surface area contributed by atoms with Gasteiger partial charge in [0.25, 0.3) is 0 Å². The Balaban J connectivity index is 1.15. The summed E-state index contributed by atoms with van der Waals surface area (Å²) >= 11 is 0. The molecule has 5 nitrogen and oxygen atoms in total. The molecule has 5 heterocycles. The molecule has 246 valence electrons. The summed E-state index contributed by atoms with van der Waals surface area (Å²) in [7, 11) is 0. The Kier molecular flexibility index (Phi) is 5.06. The Morgan fingerprint density at radius 2 is 0.774 bits per heavy atom. The highest BCUT2D eigenvalue weighted by Crippen LogP contribution is 2.45. The highest BCUT2D eigenvalue weighted by molar-refractivity contribution is 6.25. The second kappa shape index (κ2) is 9.75. The van der Waals surface area contributed by atoms with Crippen LogP contribution in [-0.2, 0) is 0 Å². The van der Waals surface area contributed by atoms with Crippen LogP contribution in [0.1, 0.15) is 0 Å². The number of furan rings is 2. The molecule has 13 rings (SSSR count). The second-order valence-electron chi connectivity index (χ2n) is 14.1. The lowest BCUT2D eigenvalue weighted by molar-refractivity contribution is 0.668. The third-order valence-electron chi connectivity index (χ3n) is 11.4. The third-order valence-corrected chi connectivity index (χ3v) is 11.4. The number of hydrogen-bond donors (Lipinski definition) is 0. The molecule has 8 aromatic carbocycles. The average molecular weight is 678 g/mol. The zero-order valence-corrected chi connectivity index (χ0v) is 28.2. The van der Waals surface area contributed by atoms with Gasteiger partial charge in [-0.1, -0.05) is 84.9 Å². The molecule has 0 aliphatic rings. The molecule has 0 atom stereocenters. The number of para-hydroxylation sites is 4. The van der Waals surface area contributed by atoms with Crippen LogP contribution in [0.15, 0.2) is 173 Å². The van der Waals surface area contributed by atoms with Crippen LogP contribution in [0.25, 0.3) is 98.5 Å². The van der Waals surface area contributed by atoms with E-state index in [-0.39, 0.29) is 0 Å². The van der Waals surface area contributed by atoms with Crippen LogP contribution in [0, 0.1) is 0 Å². The summed E-state index contributed by atoms with van der Waals surface area (Å²) in [6, 6.07) is 58.7. The van der Waals surface area contributed by atoms with E-state index in [9.17, 15) is 0 Å². The second-order valence-corrected chi connectivity index (χ2v) is 14.1. The molecule has 0 radical (unpaired) electrons. The van der Waals surface area contributed by atoms with E-state index in [4.69, 9.17) is 8.83 Å². The molecule has 13 aromatic rings. The van der Waals surface area contributed by atoms with Crippen molar-refractivity contribution in [3.8, 4) is 0 Å². The van der Waals surface area contributed by atoms with Gasteiger partial charge in [0.2, 0.25) is 0 Å². The lowest BCUT2D eigenvalue weighted by Gasteiger charge is -2.26. The fourth-order valence-electron chi connectivity index (χ4n) is 9.17. The molecule has 0 aliphatic carbocycles. The summed E-state index contributed by atoms with van der Waals surface area (Å²) in [6.45, 7) is 0. The van der Waals surface area contributed by atoms with E-state index in [2.05, 4.69) is 153 Å². The van der Waals surface area contributed by atoms with E-state index in [0.29, 0.717) is 0 Å². The van der Waals surface area contributed by atoms with Gasteiger partial charge < -0.3 is 22.5 Å². The van der Waals surface area contributed by atoms with Crippen LogP contribution in [0.3, 0.4) is 0 Å². The fourth-order valence-corrected chi connectivity index (χ4v) is 9.17. The Hall–Kier alpha value is -7.24. The standard InChI is InChI=1S/C48H27N3O2/c1-5-13-39-31(9-1)36-21-22-37-32-10-2-6-14-40(32)51-42-26-29(18-23-41(42)50(39)47(36)48(37)51)49(28-19-24-45-38(25-28)34-12-4-8-16-44(34)52-45)30-17-20-35-33-11-3-7-15-43(33)53-46(35)27-30/h1-27H. The van der Waals surface area contributed by atoms with Gasteiger partial charge in [0.05, 0.1) is 33.1 Å². The summed E-state index contributed by atoms with van der Waals surface area (Å²) in [5.74, 6) is 0. The monoisotopic (exact) mass is 677 g/mol. The molecule has 0 spiro atoms. The van der Waals surface area contributed by atoms with Crippen molar-refractivity contribution in [2.24, 2.45) is 0 Å². The SMILES string of the molecule is c1ccc2c(c1)oc1cc(N(c3ccc4oc5ccccc5c4c3)c3ccc4c(c3)n3c5ccccc5c5ccc6c7ccccc7n4c6c53)ccc12. The van der Waals surface area contributed by atoms with Crippen LogP contribution in [0.2, 0.25) is 0 Å². The minimum atomic E-state index is 0.856. The lowest BCUT2D eigenvalue weighted by Crippen LogP contribution is -2.10. The molecule has 5 heteroatoms. The summed E-state index contributed by atoms with van der Waals surface area (Å²) in [4.78, 5) is 2.35. The Bertz CT molecular complexity index is 3650. The van der Waals surface area contributed by atoms with Crippen molar-refractivity contribution in [3.05, 3.63) is 164 Å². The molecule has 53 heavy (non-hydrogen) atoms. The maximum Gasteiger partial charge on any atom is 0.137 e. The molecular weight excluding hydrogens is 651 g/mol. The first kappa shape index (κ1) is 27.5. The Labute approximate surface area is 301 Å². The zero-order chi connectivity index (χ0) is 34.4. The van der Waals surface area contributed by atoms with Gasteiger partial charge in [0, 0.05) is 66.2 Å². The molecule has 0 bridgehead atoms. The van der Waals surface area contributed by atoms with E-state index in [0.717, 1.165) is 72.0 Å². The number of anilines is 3. The quantitative estimate of drug-likeness (QED) is 0.175. The van der Waals surface area contributed by atoms with Crippen LogP contribution < -0.4 is 4.90 Å². The van der Waals surface area contributed by atoms with Crippen molar-refractivity contribution in [1.29, 1.82) is 0 Å². The number of benzene rings is 8. The van der Waals surface area contributed by atoms with Gasteiger partial charge in [-0.2, -0.15) is 0 Å². The highest BCUT2D eigenvalue weighted by Gasteiger charge is 2.23. The number of nitrogens with zero attached hydrogens (tertiary/aromatic N) is 3. The van der Waals surface area contributed by atoms with Gasteiger partial charge in [-0.15, -0.1) is 0 Å². The number of hydrogen-bond acceptors (Lipinski definition) is 3. The van der Waals surface area contributed by atoms with Crippen molar-refractivity contribution in [2.45, 2.75) is 0 Å². The van der Waals surface area contributed by atoms with Crippen molar-refractivity contribution in [1.82, 2.24) is 8.80 Å². The predicted octanol–water partition coefficient (Wildman–Crippen LogP) is 13.5. The molecule has 0 unspecified atom stereocenters. The summed E-state index contributed by atoms with van der Waals surface area (Å²) in [6.07, 6.45) is 0. The predicted molar refractivity (Wildman–Crippen MR) is 219 cm³/mol. The van der Waals surface area contributed by atoms with Gasteiger partial charge in [-0.05, 0) is 72.8 Å². The molecular formula is C48H27N3O2. The van der Waals surface area contributed by atoms with Gasteiger partial charge >= 0.3 is 0 Å². The number of aromatic nitrogens is 2. The molecule has 5 aromatic heterocycles. The van der Waals surface area contributed by atoms with E-state index in [1.165, 1.54) is 43.6 Å². The fraction of sp³-hybridized carbons (Fsp3) is 0. The number of fused-ring (bicyclic) bond motifs is 15. The van der Waals surface area contributed by atoms with Gasteiger partial charge in [0.1, 0.15) is 22.3 Å². The van der Waals surface area contributed by atoms with Crippen molar-refractivity contribution in [2.75, 3.05) is 4.90 Å². The van der Waals surface area contributed by atoms with Crippen LogP contribution in [0.5, 0.6) is 0 Å². The molecule has 0 amide bonds. The van der Waals surface area contributed by atoms with Crippen LogP contribution in [0.4, 0.5) is 17.1 Å². The van der Waals surface area contributed by atoms with E-state index >= 15 is 0 Å². The summed E-state index contributed by atoms with van der Waals surface area (Å²) < 4.78 is 17.7. The average Bonchev–Trinajstić information content (AvgIpc) is 3.96. The molecule has 0 N–H and O–H groups in total. The third kappa shape index (κ3) is 3.51. The summed E-state index contributed by atoms with van der Waals surface area (Å²) in [5.41, 5.74) is 13.8. The Morgan fingerprint density at radius 1 is 0.302 bits per heavy atom. The number of rotatable bonds is 3. The van der Waals surface area contributed by atoms with E-state index < -0.39 is 0 Å². The minimum absolute atomic E-state index is 0.856. The topological polar surface area (TPSA) is 38.3 Å². The molecule has 0 saturated heterocycles. The largest absolute Gasteiger partial charge is 0.456 e. The highest BCUT2D eigenvalue weighted by atomic mass is 16.3. The van der Waals surface area contributed by atoms with E-state index in [1.807, 2.05) is 24.3 Å². The van der Waals surface area contributed by atoms with Crippen molar-refractivity contribution < 1.29 is 8.83 Å². The van der Waals surface area contributed by atoms with Crippen molar-refractivity contribution >= 4 is 116 Å². The Morgan fingerprint density at radius 3 is 1.49 bits per heavy atom. The first-order chi connectivity index (χ1) is 26.3. The lowest BCUT2D eigenvalue weighted by atomic mass is 10.1. The van der Waals surface area contributed by atoms with E-state index in [1.54, 1.807) is 0 Å². The van der Waals surface area contributed by atoms with Gasteiger partial charge in [0.15, 0.2) is 0 Å².